The summed E-state index contributed by atoms with van der Waals surface area (Å²) in [4.78, 5) is 20.7. The summed E-state index contributed by atoms with van der Waals surface area (Å²) in [5.41, 5.74) is -0.00481. The quantitative estimate of drug-likeness (QED) is 0.854. The second kappa shape index (κ2) is 7.94. The Kier molecular flexibility index (Phi) is 6.17. The van der Waals surface area contributed by atoms with Crippen molar-refractivity contribution in [3.63, 3.8) is 0 Å². The van der Waals surface area contributed by atoms with Crippen molar-refractivity contribution in [3.8, 4) is 0 Å². The molecule has 1 aliphatic rings. The topological polar surface area (TPSA) is 75.5 Å². The number of carbonyl (C=O) groups excluding carboxylic acids is 1. The molecule has 1 saturated heterocycles. The second-order valence-corrected chi connectivity index (χ2v) is 7.46. The summed E-state index contributed by atoms with van der Waals surface area (Å²) < 4.78 is 7.09. The van der Waals surface area contributed by atoms with Crippen LogP contribution in [0.15, 0.2) is 6.33 Å². The summed E-state index contributed by atoms with van der Waals surface area (Å²) in [6, 6.07) is -0.0224. The molecule has 1 N–H and O–H groups in total. The van der Waals surface area contributed by atoms with Gasteiger partial charge in [0.2, 0.25) is 5.95 Å². The minimum absolute atomic E-state index is 0.00481. The lowest BCUT2D eigenvalue weighted by atomic mass is 9.92. The van der Waals surface area contributed by atoms with E-state index in [9.17, 15) is 4.79 Å². The van der Waals surface area contributed by atoms with Crippen molar-refractivity contribution in [2.75, 3.05) is 51.8 Å². The average Bonchev–Trinajstić information content (AvgIpc) is 2.95. The van der Waals surface area contributed by atoms with Crippen molar-refractivity contribution in [3.05, 3.63) is 6.33 Å². The summed E-state index contributed by atoms with van der Waals surface area (Å²) in [5, 5.41) is 6.97. The number of aromatic nitrogens is 3. The van der Waals surface area contributed by atoms with Gasteiger partial charge in [0, 0.05) is 33.2 Å². The van der Waals surface area contributed by atoms with Crippen molar-refractivity contribution in [2.45, 2.75) is 33.7 Å². The second-order valence-electron chi connectivity index (χ2n) is 7.46. The van der Waals surface area contributed by atoms with Gasteiger partial charge in [0.15, 0.2) is 0 Å². The molecule has 0 spiro atoms. The molecule has 136 valence electrons. The maximum absolute atomic E-state index is 12.5. The number of hydrogen-bond donors (Lipinski definition) is 1. The van der Waals surface area contributed by atoms with Crippen LogP contribution in [0.25, 0.3) is 0 Å². The van der Waals surface area contributed by atoms with Gasteiger partial charge in [0.05, 0.1) is 19.3 Å². The smallest absolute Gasteiger partial charge is 0.323 e. The fourth-order valence-electron chi connectivity index (χ4n) is 3.04. The van der Waals surface area contributed by atoms with E-state index in [-0.39, 0.29) is 17.5 Å². The number of morpholine rings is 1. The molecular weight excluding hydrogens is 308 g/mol. The Morgan fingerprint density at radius 1 is 1.42 bits per heavy atom. The Hall–Kier alpha value is -1.67. The van der Waals surface area contributed by atoms with E-state index in [0.29, 0.717) is 12.5 Å². The zero-order chi connectivity index (χ0) is 17.7. The highest BCUT2D eigenvalue weighted by Crippen LogP contribution is 2.20. The van der Waals surface area contributed by atoms with Crippen LogP contribution in [-0.4, -0.2) is 77.0 Å². The highest BCUT2D eigenvalue weighted by atomic mass is 16.5. The van der Waals surface area contributed by atoms with Crippen LogP contribution in [0.3, 0.4) is 0 Å². The number of hydrogen-bond acceptors (Lipinski definition) is 5. The largest absolute Gasteiger partial charge is 0.379 e. The zero-order valence-corrected chi connectivity index (χ0v) is 15.4. The summed E-state index contributed by atoms with van der Waals surface area (Å²) >= 11 is 0. The number of nitrogens with one attached hydrogen (secondary N) is 1. The van der Waals surface area contributed by atoms with Gasteiger partial charge in [0.25, 0.3) is 0 Å². The van der Waals surface area contributed by atoms with Crippen LogP contribution >= 0.6 is 0 Å². The molecule has 0 bridgehead atoms. The summed E-state index contributed by atoms with van der Waals surface area (Å²) in [6.45, 7) is 13.5. The van der Waals surface area contributed by atoms with E-state index in [1.807, 2.05) is 20.9 Å². The highest BCUT2D eigenvalue weighted by Gasteiger charge is 2.27. The molecule has 2 amide bonds. The molecule has 0 atom stereocenters. The van der Waals surface area contributed by atoms with Crippen molar-refractivity contribution in [1.82, 2.24) is 24.6 Å². The standard InChI is InChI=1S/C16H30N6O2/c1-13(2)22-14(17-12-18-22)19-15(23)20(5)10-16(3,4)11-21-6-8-24-9-7-21/h12-13H,6-11H2,1-5H3,(H,17,18,19,23). The van der Waals surface area contributed by atoms with Crippen molar-refractivity contribution < 1.29 is 9.53 Å². The third-order valence-electron chi connectivity index (χ3n) is 4.05. The normalized spacial score (nSPS) is 16.4. The van der Waals surface area contributed by atoms with Crippen LogP contribution in [0.1, 0.15) is 33.7 Å². The maximum Gasteiger partial charge on any atom is 0.323 e. The Labute approximate surface area is 144 Å². The van der Waals surface area contributed by atoms with Gasteiger partial charge in [-0.2, -0.15) is 10.1 Å². The number of carbonyl (C=O) groups is 1. The van der Waals surface area contributed by atoms with E-state index in [1.165, 1.54) is 6.33 Å². The van der Waals surface area contributed by atoms with Crippen LogP contribution in [0.4, 0.5) is 10.7 Å². The maximum atomic E-state index is 12.5. The summed E-state index contributed by atoms with van der Waals surface area (Å²) in [5.74, 6) is 0.479. The lowest BCUT2D eigenvalue weighted by Gasteiger charge is -2.37. The van der Waals surface area contributed by atoms with Gasteiger partial charge in [-0.05, 0) is 19.3 Å². The minimum atomic E-state index is -0.167. The summed E-state index contributed by atoms with van der Waals surface area (Å²) in [7, 11) is 1.81. The Morgan fingerprint density at radius 2 is 2.08 bits per heavy atom. The van der Waals surface area contributed by atoms with Gasteiger partial charge >= 0.3 is 6.03 Å². The first-order valence-electron chi connectivity index (χ1n) is 8.50. The van der Waals surface area contributed by atoms with Crippen LogP contribution in [-0.2, 0) is 4.74 Å². The SMILES string of the molecule is CC(C)n1ncnc1NC(=O)N(C)CC(C)(C)CN1CCOCC1. The lowest BCUT2D eigenvalue weighted by Crippen LogP contribution is -2.47. The van der Waals surface area contributed by atoms with E-state index < -0.39 is 0 Å². The van der Waals surface area contributed by atoms with E-state index in [2.05, 4.69) is 34.1 Å². The number of rotatable bonds is 6. The van der Waals surface area contributed by atoms with E-state index >= 15 is 0 Å². The first kappa shape index (κ1) is 18.7. The van der Waals surface area contributed by atoms with E-state index in [1.54, 1.807) is 9.58 Å². The monoisotopic (exact) mass is 338 g/mol. The molecular formula is C16H30N6O2. The average molecular weight is 338 g/mol. The van der Waals surface area contributed by atoms with Crippen molar-refractivity contribution in [2.24, 2.45) is 5.41 Å². The molecule has 0 radical (unpaired) electrons. The van der Waals surface area contributed by atoms with E-state index in [0.717, 1.165) is 32.8 Å². The molecule has 1 fully saturated rings. The molecule has 0 aliphatic carbocycles. The molecule has 1 aromatic rings. The van der Waals surface area contributed by atoms with Crippen LogP contribution in [0.5, 0.6) is 0 Å². The number of anilines is 1. The third-order valence-corrected chi connectivity index (χ3v) is 4.05. The first-order chi connectivity index (χ1) is 11.3. The Bertz CT molecular complexity index is 536. The molecule has 2 heterocycles. The summed E-state index contributed by atoms with van der Waals surface area (Å²) in [6.07, 6.45) is 1.46. The Morgan fingerprint density at radius 3 is 2.71 bits per heavy atom. The minimum Gasteiger partial charge on any atom is -0.379 e. The fraction of sp³-hybridized carbons (Fsp3) is 0.812. The molecule has 1 aliphatic heterocycles. The van der Waals surface area contributed by atoms with Crippen LogP contribution in [0, 0.1) is 5.41 Å². The number of amides is 2. The van der Waals surface area contributed by atoms with Gasteiger partial charge in [-0.3, -0.25) is 10.2 Å². The predicted octanol–water partition coefficient (Wildman–Crippen LogP) is 1.68. The van der Waals surface area contributed by atoms with Crippen LogP contribution in [0.2, 0.25) is 0 Å². The third kappa shape index (κ3) is 5.17. The number of ether oxygens (including phenoxy) is 1. The molecule has 1 aromatic heterocycles. The lowest BCUT2D eigenvalue weighted by molar-refractivity contribution is 0.0182. The van der Waals surface area contributed by atoms with Gasteiger partial charge in [-0.15, -0.1) is 0 Å². The molecule has 2 rings (SSSR count). The molecule has 0 unspecified atom stereocenters. The van der Waals surface area contributed by atoms with Crippen molar-refractivity contribution >= 4 is 12.0 Å². The highest BCUT2D eigenvalue weighted by molar-refractivity contribution is 5.87. The first-order valence-corrected chi connectivity index (χ1v) is 8.50. The molecule has 24 heavy (non-hydrogen) atoms. The van der Waals surface area contributed by atoms with Gasteiger partial charge in [-0.1, -0.05) is 13.8 Å². The number of nitrogens with zero attached hydrogens (tertiary/aromatic N) is 5. The van der Waals surface area contributed by atoms with Gasteiger partial charge in [-0.25, -0.2) is 9.48 Å². The molecule has 8 heteroatoms. The zero-order valence-electron chi connectivity index (χ0n) is 15.4. The molecule has 0 saturated carbocycles. The van der Waals surface area contributed by atoms with Gasteiger partial charge < -0.3 is 9.64 Å². The molecule has 8 nitrogen and oxygen atoms in total. The van der Waals surface area contributed by atoms with E-state index in [4.69, 9.17) is 4.74 Å². The number of urea groups is 1. The Balaban J connectivity index is 1.88. The predicted molar refractivity (Wildman–Crippen MR) is 93.1 cm³/mol. The molecule has 0 aromatic carbocycles. The van der Waals surface area contributed by atoms with Gasteiger partial charge in [0.1, 0.15) is 6.33 Å². The fourth-order valence-corrected chi connectivity index (χ4v) is 3.04. The van der Waals surface area contributed by atoms with Crippen LogP contribution < -0.4 is 5.32 Å². The van der Waals surface area contributed by atoms with Crippen molar-refractivity contribution in [1.29, 1.82) is 0 Å².